The van der Waals surface area contributed by atoms with Crippen LogP contribution in [0.3, 0.4) is 0 Å². The van der Waals surface area contributed by atoms with Crippen LogP contribution < -0.4 is 5.32 Å². The molecule has 0 heterocycles. The number of sulfonamides is 1. The molecule has 0 fully saturated rings. The number of nitrogens with zero attached hydrogens (tertiary/aromatic N) is 1. The summed E-state index contributed by atoms with van der Waals surface area (Å²) in [4.78, 5) is 12.5. The maximum Gasteiger partial charge on any atom is 0.255 e. The van der Waals surface area contributed by atoms with E-state index in [1.54, 1.807) is 18.2 Å². The molecule has 1 N–H and O–H groups in total. The van der Waals surface area contributed by atoms with Crippen molar-refractivity contribution in [2.45, 2.75) is 25.2 Å². The molecule has 128 valence electrons. The van der Waals surface area contributed by atoms with Gasteiger partial charge in [0.25, 0.3) is 5.91 Å². The Balaban J connectivity index is 2.30. The summed E-state index contributed by atoms with van der Waals surface area (Å²) in [7, 11) is -0.594. The molecule has 0 aromatic heterocycles. The first kappa shape index (κ1) is 18.2. The molecule has 0 aliphatic heterocycles. The van der Waals surface area contributed by atoms with Crippen molar-refractivity contribution in [1.82, 2.24) is 4.31 Å². The number of hydrogen-bond acceptors (Lipinski definition) is 3. The second-order valence-electron chi connectivity index (χ2n) is 5.77. The van der Waals surface area contributed by atoms with Crippen LogP contribution in [0.1, 0.15) is 28.4 Å². The van der Waals surface area contributed by atoms with Crippen LogP contribution in [0.4, 0.5) is 5.69 Å². The molecule has 0 saturated heterocycles. The van der Waals surface area contributed by atoms with Crippen LogP contribution in [0.25, 0.3) is 0 Å². The lowest BCUT2D eigenvalue weighted by molar-refractivity contribution is 0.102. The summed E-state index contributed by atoms with van der Waals surface area (Å²) in [6.45, 7) is 3.87. The number of carbonyl (C=O) groups excluding carboxylic acids is 1. The maximum absolute atomic E-state index is 12.4. The summed E-state index contributed by atoms with van der Waals surface area (Å²) < 4.78 is 25.6. The third-order valence-electron chi connectivity index (χ3n) is 3.86. The molecule has 0 aliphatic rings. The zero-order valence-electron chi connectivity index (χ0n) is 14.3. The van der Waals surface area contributed by atoms with Gasteiger partial charge in [0, 0.05) is 25.3 Å². The highest BCUT2D eigenvalue weighted by atomic mass is 32.2. The standard InChI is InChI=1S/C18H22N2O3S/c1-5-14-7-9-15(10-8-14)18(21)19-17-12-16(11-6-13(17)2)24(22,23)20(3)4/h6-12H,5H2,1-4H3,(H,19,21). The normalized spacial score (nSPS) is 11.5. The van der Waals surface area contributed by atoms with Crippen LogP contribution >= 0.6 is 0 Å². The Kier molecular flexibility index (Phi) is 5.41. The Labute approximate surface area is 143 Å². The van der Waals surface area contributed by atoms with E-state index in [0.717, 1.165) is 21.9 Å². The second kappa shape index (κ2) is 7.15. The van der Waals surface area contributed by atoms with Crippen LogP contribution in [0.15, 0.2) is 47.4 Å². The molecular weight excluding hydrogens is 324 g/mol. The summed E-state index contributed by atoms with van der Waals surface area (Å²) in [5.74, 6) is -0.264. The molecule has 2 aromatic carbocycles. The summed E-state index contributed by atoms with van der Waals surface area (Å²) in [6.07, 6.45) is 0.908. The highest BCUT2D eigenvalue weighted by Crippen LogP contribution is 2.22. The summed E-state index contributed by atoms with van der Waals surface area (Å²) in [5.41, 5.74) is 2.98. The number of nitrogens with one attached hydrogen (secondary N) is 1. The van der Waals surface area contributed by atoms with E-state index >= 15 is 0 Å². The quantitative estimate of drug-likeness (QED) is 0.905. The lowest BCUT2D eigenvalue weighted by Gasteiger charge is -2.14. The van der Waals surface area contributed by atoms with Gasteiger partial charge in [-0.15, -0.1) is 0 Å². The highest BCUT2D eigenvalue weighted by Gasteiger charge is 2.18. The van der Waals surface area contributed by atoms with Crippen molar-refractivity contribution in [2.24, 2.45) is 0 Å². The summed E-state index contributed by atoms with van der Waals surface area (Å²) in [5, 5.41) is 2.79. The summed E-state index contributed by atoms with van der Waals surface area (Å²) in [6, 6.07) is 12.1. The van der Waals surface area contributed by atoms with E-state index in [4.69, 9.17) is 0 Å². The third kappa shape index (κ3) is 3.83. The number of carbonyl (C=O) groups is 1. The molecule has 24 heavy (non-hydrogen) atoms. The predicted octanol–water partition coefficient (Wildman–Crippen LogP) is 3.06. The minimum absolute atomic E-state index is 0.148. The number of anilines is 1. The second-order valence-corrected chi connectivity index (χ2v) is 7.92. The Morgan fingerprint density at radius 2 is 1.71 bits per heavy atom. The van der Waals surface area contributed by atoms with Gasteiger partial charge in [0.05, 0.1) is 4.90 Å². The fourth-order valence-corrected chi connectivity index (χ4v) is 3.12. The summed E-state index contributed by atoms with van der Waals surface area (Å²) >= 11 is 0. The van der Waals surface area contributed by atoms with Gasteiger partial charge in [-0.2, -0.15) is 0 Å². The Hall–Kier alpha value is -2.18. The van der Waals surface area contributed by atoms with Crippen LogP contribution in [0, 0.1) is 6.92 Å². The van der Waals surface area contributed by atoms with E-state index < -0.39 is 10.0 Å². The van der Waals surface area contributed by atoms with Crippen LogP contribution in [0.2, 0.25) is 0 Å². The molecule has 0 saturated carbocycles. The van der Waals surface area contributed by atoms with Crippen molar-refractivity contribution in [1.29, 1.82) is 0 Å². The van der Waals surface area contributed by atoms with Crippen molar-refractivity contribution < 1.29 is 13.2 Å². The van der Waals surface area contributed by atoms with Crippen molar-refractivity contribution in [2.75, 3.05) is 19.4 Å². The molecule has 1 amide bonds. The van der Waals surface area contributed by atoms with Gasteiger partial charge in [0.2, 0.25) is 10.0 Å². The van der Waals surface area contributed by atoms with E-state index in [2.05, 4.69) is 12.2 Å². The molecule has 0 radical (unpaired) electrons. The number of amides is 1. The Morgan fingerprint density at radius 3 is 2.25 bits per heavy atom. The smallest absolute Gasteiger partial charge is 0.255 e. The van der Waals surface area contributed by atoms with Gasteiger partial charge in [-0.3, -0.25) is 4.79 Å². The molecule has 2 rings (SSSR count). The van der Waals surface area contributed by atoms with Crippen molar-refractivity contribution in [3.8, 4) is 0 Å². The van der Waals surface area contributed by atoms with E-state index in [0.29, 0.717) is 11.3 Å². The molecule has 2 aromatic rings. The molecule has 6 heteroatoms. The third-order valence-corrected chi connectivity index (χ3v) is 5.67. The zero-order valence-corrected chi connectivity index (χ0v) is 15.1. The lowest BCUT2D eigenvalue weighted by atomic mass is 10.1. The van der Waals surface area contributed by atoms with Crippen LogP contribution in [-0.2, 0) is 16.4 Å². The monoisotopic (exact) mass is 346 g/mol. The molecule has 0 spiro atoms. The Morgan fingerprint density at radius 1 is 1.08 bits per heavy atom. The molecule has 0 aliphatic carbocycles. The zero-order chi connectivity index (χ0) is 17.9. The van der Waals surface area contributed by atoms with E-state index in [-0.39, 0.29) is 10.8 Å². The SMILES string of the molecule is CCc1ccc(C(=O)Nc2cc(S(=O)(=O)N(C)C)ccc2C)cc1. The van der Waals surface area contributed by atoms with Gasteiger partial charge in [0.15, 0.2) is 0 Å². The van der Waals surface area contributed by atoms with Gasteiger partial charge >= 0.3 is 0 Å². The minimum Gasteiger partial charge on any atom is -0.322 e. The fraction of sp³-hybridized carbons (Fsp3) is 0.278. The largest absolute Gasteiger partial charge is 0.322 e. The fourth-order valence-electron chi connectivity index (χ4n) is 2.19. The van der Waals surface area contributed by atoms with Crippen molar-refractivity contribution >= 4 is 21.6 Å². The van der Waals surface area contributed by atoms with Crippen LogP contribution in [0.5, 0.6) is 0 Å². The minimum atomic E-state index is -3.54. The van der Waals surface area contributed by atoms with Crippen molar-refractivity contribution in [3.05, 3.63) is 59.2 Å². The van der Waals surface area contributed by atoms with Crippen LogP contribution in [-0.4, -0.2) is 32.7 Å². The van der Waals surface area contributed by atoms with E-state index in [9.17, 15) is 13.2 Å². The number of aryl methyl sites for hydroxylation is 2. The molecule has 0 atom stereocenters. The molecular formula is C18H22N2O3S. The topological polar surface area (TPSA) is 66.5 Å². The first-order valence-corrected chi connectivity index (χ1v) is 9.13. The highest BCUT2D eigenvalue weighted by molar-refractivity contribution is 7.89. The number of hydrogen-bond donors (Lipinski definition) is 1. The number of rotatable bonds is 5. The van der Waals surface area contributed by atoms with E-state index in [1.807, 2.05) is 19.1 Å². The first-order chi connectivity index (χ1) is 11.3. The van der Waals surface area contributed by atoms with Gasteiger partial charge in [-0.25, -0.2) is 12.7 Å². The molecule has 0 bridgehead atoms. The molecule has 0 unspecified atom stereocenters. The van der Waals surface area contributed by atoms with Gasteiger partial charge in [-0.1, -0.05) is 25.1 Å². The lowest BCUT2D eigenvalue weighted by Crippen LogP contribution is -2.22. The predicted molar refractivity (Wildman–Crippen MR) is 95.8 cm³/mol. The van der Waals surface area contributed by atoms with Gasteiger partial charge in [-0.05, 0) is 48.7 Å². The average Bonchev–Trinajstić information content (AvgIpc) is 2.56. The maximum atomic E-state index is 12.4. The van der Waals surface area contributed by atoms with Crippen molar-refractivity contribution in [3.63, 3.8) is 0 Å². The van der Waals surface area contributed by atoms with Gasteiger partial charge < -0.3 is 5.32 Å². The average molecular weight is 346 g/mol. The van der Waals surface area contributed by atoms with E-state index in [1.165, 1.54) is 26.2 Å². The Bertz CT molecular complexity index is 841. The molecule has 5 nitrogen and oxygen atoms in total. The van der Waals surface area contributed by atoms with Gasteiger partial charge in [0.1, 0.15) is 0 Å². The first-order valence-electron chi connectivity index (χ1n) is 7.69. The number of benzene rings is 2.